The van der Waals surface area contributed by atoms with Crippen molar-refractivity contribution in [2.24, 2.45) is 0 Å². The van der Waals surface area contributed by atoms with E-state index < -0.39 is 26.8 Å². The van der Waals surface area contributed by atoms with Gasteiger partial charge in [0.15, 0.2) is 9.84 Å². The summed E-state index contributed by atoms with van der Waals surface area (Å²) < 4.78 is 24.7. The van der Waals surface area contributed by atoms with Gasteiger partial charge in [-0.05, 0) is 30.0 Å². The average Bonchev–Trinajstić information content (AvgIpc) is 3.12. The monoisotopic (exact) mass is 433 g/mol. The van der Waals surface area contributed by atoms with E-state index in [1.54, 1.807) is 34.9 Å². The lowest BCUT2D eigenvalue weighted by Gasteiger charge is -2.23. The van der Waals surface area contributed by atoms with Crippen molar-refractivity contribution in [2.45, 2.75) is 23.5 Å². The first-order valence-corrected chi connectivity index (χ1v) is 12.0. The Hall–Kier alpha value is -2.59. The zero-order chi connectivity index (χ0) is 20.8. The van der Waals surface area contributed by atoms with Crippen molar-refractivity contribution in [2.75, 3.05) is 22.7 Å². The van der Waals surface area contributed by atoms with Gasteiger partial charge in [-0.3, -0.25) is 15.0 Å². The zero-order valence-electron chi connectivity index (χ0n) is 15.6. The van der Waals surface area contributed by atoms with Gasteiger partial charge in [0, 0.05) is 29.3 Å². The number of carbonyl (C=O) groups excluding carboxylic acids is 1. The molecule has 2 aliphatic rings. The highest BCUT2D eigenvalue weighted by molar-refractivity contribution is 7.98. The lowest BCUT2D eigenvalue weighted by Crippen LogP contribution is -2.37. The minimum absolute atomic E-state index is 0.0609. The quantitative estimate of drug-likeness (QED) is 0.311. The topological polar surface area (TPSA) is 101 Å². The molecule has 29 heavy (non-hydrogen) atoms. The number of benzene rings is 2. The summed E-state index contributed by atoms with van der Waals surface area (Å²) in [5, 5.41) is 11.1. The Labute approximate surface area is 172 Å². The van der Waals surface area contributed by atoms with E-state index in [0.29, 0.717) is 11.3 Å². The number of amides is 2. The van der Waals surface area contributed by atoms with Gasteiger partial charge in [0.25, 0.3) is 5.69 Å². The molecule has 0 aromatic heterocycles. The molecule has 0 N–H and O–H groups in total. The van der Waals surface area contributed by atoms with E-state index in [0.717, 1.165) is 4.90 Å². The standard InChI is InChI=1S/C19H19N3O5S2/c1-28-16-7-3-5-14(9-16)21-18-12-29(26,27)11-17(18)20(19(21)23)10-13-4-2-6-15(8-13)22(24)25/h2-9,17-18H,10-12H2,1H3/t17-,18-/m1/s1. The molecule has 0 aliphatic carbocycles. The number of anilines is 1. The third-order valence-corrected chi connectivity index (χ3v) is 7.71. The summed E-state index contributed by atoms with van der Waals surface area (Å²) in [5.74, 6) is -0.185. The Morgan fingerprint density at radius 2 is 1.86 bits per heavy atom. The van der Waals surface area contributed by atoms with Gasteiger partial charge in [-0.25, -0.2) is 13.2 Å². The number of rotatable bonds is 5. The number of thioether (sulfide) groups is 1. The Bertz CT molecular complexity index is 1090. The number of hydrogen-bond donors (Lipinski definition) is 0. The molecule has 0 unspecified atom stereocenters. The van der Waals surface area contributed by atoms with Crippen molar-refractivity contribution in [3.05, 3.63) is 64.2 Å². The first-order valence-electron chi connectivity index (χ1n) is 8.97. The highest BCUT2D eigenvalue weighted by atomic mass is 32.2. The summed E-state index contributed by atoms with van der Waals surface area (Å²) >= 11 is 1.54. The van der Waals surface area contributed by atoms with E-state index in [4.69, 9.17) is 0 Å². The van der Waals surface area contributed by atoms with Crippen LogP contribution in [0.25, 0.3) is 0 Å². The van der Waals surface area contributed by atoms with Gasteiger partial charge in [-0.2, -0.15) is 0 Å². The molecule has 8 nitrogen and oxygen atoms in total. The van der Waals surface area contributed by atoms with Crippen LogP contribution in [0.2, 0.25) is 0 Å². The highest BCUT2D eigenvalue weighted by Crippen LogP contribution is 2.37. The van der Waals surface area contributed by atoms with Crippen LogP contribution < -0.4 is 4.90 Å². The van der Waals surface area contributed by atoms with Crippen LogP contribution in [0.3, 0.4) is 0 Å². The molecular formula is C19H19N3O5S2. The maximum absolute atomic E-state index is 13.3. The molecule has 2 aliphatic heterocycles. The molecule has 2 aromatic rings. The number of carbonyl (C=O) groups is 1. The SMILES string of the molecule is CSc1cccc(N2C(=O)N(Cc3cccc([N+](=O)[O-])c3)[C@@H]3CS(=O)(=O)C[C@H]32)c1. The van der Waals surface area contributed by atoms with Crippen LogP contribution in [0.15, 0.2) is 53.4 Å². The van der Waals surface area contributed by atoms with Crippen molar-refractivity contribution in [1.29, 1.82) is 0 Å². The Kier molecular flexibility index (Phi) is 4.99. The highest BCUT2D eigenvalue weighted by Gasteiger charge is 2.53. The van der Waals surface area contributed by atoms with E-state index in [9.17, 15) is 23.3 Å². The molecule has 4 rings (SSSR count). The van der Waals surface area contributed by atoms with Gasteiger partial charge < -0.3 is 4.90 Å². The number of fused-ring (bicyclic) bond motifs is 1. The number of non-ortho nitro benzene ring substituents is 1. The van der Waals surface area contributed by atoms with Gasteiger partial charge in [0.2, 0.25) is 0 Å². The van der Waals surface area contributed by atoms with Crippen LogP contribution in [-0.4, -0.2) is 54.1 Å². The molecular weight excluding hydrogens is 414 g/mol. The number of urea groups is 1. The van der Waals surface area contributed by atoms with E-state index in [1.165, 1.54) is 17.0 Å². The van der Waals surface area contributed by atoms with Gasteiger partial charge in [0.05, 0.1) is 28.5 Å². The predicted octanol–water partition coefficient (Wildman–Crippen LogP) is 2.92. The van der Waals surface area contributed by atoms with Crippen LogP contribution in [0.5, 0.6) is 0 Å². The second kappa shape index (κ2) is 7.34. The normalized spacial score (nSPS) is 22.7. The fourth-order valence-electron chi connectivity index (χ4n) is 3.99. The van der Waals surface area contributed by atoms with Gasteiger partial charge in [-0.15, -0.1) is 11.8 Å². The third-order valence-electron chi connectivity index (χ3n) is 5.28. The maximum atomic E-state index is 13.3. The third kappa shape index (κ3) is 3.69. The van der Waals surface area contributed by atoms with Gasteiger partial charge >= 0.3 is 6.03 Å². The largest absolute Gasteiger partial charge is 0.325 e. The first-order chi connectivity index (χ1) is 13.8. The fraction of sp³-hybridized carbons (Fsp3) is 0.316. The maximum Gasteiger partial charge on any atom is 0.325 e. The summed E-state index contributed by atoms with van der Waals surface area (Å²) in [4.78, 5) is 27.9. The number of hydrogen-bond acceptors (Lipinski definition) is 6. The molecule has 0 bridgehead atoms. The van der Waals surface area contributed by atoms with Crippen LogP contribution in [0, 0.1) is 10.1 Å². The Morgan fingerprint density at radius 3 is 2.59 bits per heavy atom. The number of nitro groups is 1. The van der Waals surface area contributed by atoms with Crippen molar-refractivity contribution in [3.8, 4) is 0 Å². The van der Waals surface area contributed by atoms with Crippen molar-refractivity contribution < 1.29 is 18.1 Å². The van der Waals surface area contributed by atoms with Crippen LogP contribution in [-0.2, 0) is 16.4 Å². The van der Waals surface area contributed by atoms with E-state index >= 15 is 0 Å². The summed E-state index contributed by atoms with van der Waals surface area (Å²) in [6.07, 6.45) is 1.93. The Balaban J connectivity index is 1.70. The summed E-state index contributed by atoms with van der Waals surface area (Å²) in [5.41, 5.74) is 1.19. The van der Waals surface area contributed by atoms with E-state index in [-0.39, 0.29) is 29.8 Å². The molecule has 2 aromatic carbocycles. The van der Waals surface area contributed by atoms with E-state index in [1.807, 2.05) is 24.5 Å². The smallest absolute Gasteiger partial charge is 0.314 e. The molecule has 2 saturated heterocycles. The van der Waals surface area contributed by atoms with E-state index in [2.05, 4.69) is 0 Å². The molecule has 2 fully saturated rings. The minimum atomic E-state index is -3.28. The van der Waals surface area contributed by atoms with Crippen molar-refractivity contribution in [3.63, 3.8) is 0 Å². The molecule has 2 amide bonds. The molecule has 2 heterocycles. The number of sulfone groups is 1. The fourth-order valence-corrected chi connectivity index (χ4v) is 6.39. The van der Waals surface area contributed by atoms with Gasteiger partial charge in [0.1, 0.15) is 0 Å². The summed E-state index contributed by atoms with van der Waals surface area (Å²) in [6, 6.07) is 12.3. The van der Waals surface area contributed by atoms with Crippen LogP contribution in [0.4, 0.5) is 16.2 Å². The summed E-state index contributed by atoms with van der Waals surface area (Å²) in [7, 11) is -3.28. The first kappa shape index (κ1) is 19.7. The summed E-state index contributed by atoms with van der Waals surface area (Å²) in [6.45, 7) is 0.121. The molecule has 152 valence electrons. The predicted molar refractivity (Wildman–Crippen MR) is 111 cm³/mol. The van der Waals surface area contributed by atoms with Crippen molar-refractivity contribution in [1.82, 2.24) is 4.90 Å². The molecule has 2 atom stereocenters. The molecule has 0 spiro atoms. The average molecular weight is 434 g/mol. The van der Waals surface area contributed by atoms with Crippen LogP contribution >= 0.6 is 11.8 Å². The lowest BCUT2D eigenvalue weighted by molar-refractivity contribution is -0.384. The van der Waals surface area contributed by atoms with Crippen LogP contribution in [0.1, 0.15) is 5.56 Å². The second-order valence-electron chi connectivity index (χ2n) is 7.12. The zero-order valence-corrected chi connectivity index (χ0v) is 17.2. The van der Waals surface area contributed by atoms with Crippen molar-refractivity contribution >= 4 is 39.0 Å². The minimum Gasteiger partial charge on any atom is -0.314 e. The molecule has 0 radical (unpaired) electrons. The lowest BCUT2D eigenvalue weighted by atomic mass is 10.1. The number of nitro benzene ring substituents is 1. The molecule has 0 saturated carbocycles. The second-order valence-corrected chi connectivity index (χ2v) is 10.2. The van der Waals surface area contributed by atoms with Gasteiger partial charge in [-0.1, -0.05) is 18.2 Å². The number of nitrogens with zero attached hydrogens (tertiary/aromatic N) is 3. The Morgan fingerprint density at radius 1 is 1.14 bits per heavy atom. The molecule has 10 heteroatoms.